The van der Waals surface area contributed by atoms with Gasteiger partial charge >= 0.3 is 0 Å². The number of nitrogens with two attached hydrogens (primary N) is 1. The van der Waals surface area contributed by atoms with Gasteiger partial charge < -0.3 is 31.3 Å². The number of anilines is 1. The van der Waals surface area contributed by atoms with E-state index in [9.17, 15) is 24.3 Å². The third-order valence-electron chi connectivity index (χ3n) is 8.06. The molecule has 0 radical (unpaired) electrons. The molecule has 5 N–H and O–H groups in total. The average Bonchev–Trinajstić information content (AvgIpc) is 3.48. The summed E-state index contributed by atoms with van der Waals surface area (Å²) in [4.78, 5) is 56.8. The molecule has 3 aromatic rings. The molecule has 3 aromatic carbocycles. The van der Waals surface area contributed by atoms with Crippen molar-refractivity contribution < 1.29 is 24.3 Å². The third kappa shape index (κ3) is 6.14. The highest BCUT2D eigenvalue weighted by atomic mass is 16.3. The van der Waals surface area contributed by atoms with E-state index in [1.165, 1.54) is 0 Å². The van der Waals surface area contributed by atoms with Gasteiger partial charge in [-0.2, -0.15) is 0 Å². The molecule has 0 aromatic heterocycles. The second-order valence-electron chi connectivity index (χ2n) is 11.1. The number of para-hydroxylation sites is 1. The van der Waals surface area contributed by atoms with E-state index in [4.69, 9.17) is 5.73 Å². The molecule has 2 aliphatic rings. The SMILES string of the molecule is CC(CN1C(=O)C2CCCN2C(=O)c2ccccc21)C(=O)NC(Cc1ccc2ccccc2c1)C(=O)NC[C@H](O)CN. The summed E-state index contributed by atoms with van der Waals surface area (Å²) in [7, 11) is 0. The van der Waals surface area contributed by atoms with Crippen molar-refractivity contribution in [2.75, 3.05) is 31.1 Å². The van der Waals surface area contributed by atoms with E-state index >= 15 is 0 Å². The molecule has 0 saturated carbocycles. The van der Waals surface area contributed by atoms with Crippen molar-refractivity contribution in [2.45, 2.75) is 44.4 Å². The van der Waals surface area contributed by atoms with Gasteiger partial charge in [-0.25, -0.2) is 0 Å². The van der Waals surface area contributed by atoms with Crippen LogP contribution in [0.4, 0.5) is 5.69 Å². The van der Waals surface area contributed by atoms with Gasteiger partial charge in [0.2, 0.25) is 17.7 Å². The summed E-state index contributed by atoms with van der Waals surface area (Å²) >= 11 is 0. The highest BCUT2D eigenvalue weighted by Gasteiger charge is 2.42. The van der Waals surface area contributed by atoms with E-state index in [0.29, 0.717) is 24.2 Å². The average molecular weight is 572 g/mol. The molecular formula is C32H37N5O5. The molecule has 220 valence electrons. The van der Waals surface area contributed by atoms with E-state index < -0.39 is 35.9 Å². The molecule has 10 nitrogen and oxygen atoms in total. The first-order valence-electron chi connectivity index (χ1n) is 14.4. The normalized spacial score (nSPS) is 18.6. The number of nitrogens with one attached hydrogen (secondary N) is 2. The second kappa shape index (κ2) is 12.7. The summed E-state index contributed by atoms with van der Waals surface area (Å²) in [6.07, 6.45) is 0.652. The minimum atomic E-state index is -0.926. The van der Waals surface area contributed by atoms with Crippen LogP contribution in [0.5, 0.6) is 0 Å². The zero-order chi connectivity index (χ0) is 29.8. The lowest BCUT2D eigenvalue weighted by Crippen LogP contribution is -2.53. The summed E-state index contributed by atoms with van der Waals surface area (Å²) in [5.74, 6) is -1.91. The number of nitrogens with zero attached hydrogens (tertiary/aromatic N) is 2. The van der Waals surface area contributed by atoms with Crippen LogP contribution in [0.3, 0.4) is 0 Å². The van der Waals surface area contributed by atoms with E-state index in [1.54, 1.807) is 41.0 Å². The van der Waals surface area contributed by atoms with Gasteiger partial charge in [-0.15, -0.1) is 0 Å². The molecule has 4 amide bonds. The summed E-state index contributed by atoms with van der Waals surface area (Å²) in [5, 5.41) is 17.5. The minimum Gasteiger partial charge on any atom is -0.390 e. The Morgan fingerprint density at radius 3 is 2.55 bits per heavy atom. The van der Waals surface area contributed by atoms with Crippen LogP contribution in [-0.2, 0) is 20.8 Å². The fourth-order valence-electron chi connectivity index (χ4n) is 5.70. The Bertz CT molecular complexity index is 1490. The molecule has 42 heavy (non-hydrogen) atoms. The van der Waals surface area contributed by atoms with Crippen LogP contribution in [0, 0.1) is 5.92 Å². The van der Waals surface area contributed by atoms with Crippen LogP contribution in [0.2, 0.25) is 0 Å². The molecule has 2 heterocycles. The Balaban J connectivity index is 1.35. The smallest absolute Gasteiger partial charge is 0.256 e. The lowest BCUT2D eigenvalue weighted by atomic mass is 10.00. The van der Waals surface area contributed by atoms with Gasteiger partial charge in [0.15, 0.2) is 0 Å². The molecule has 1 fully saturated rings. The topological polar surface area (TPSA) is 145 Å². The van der Waals surface area contributed by atoms with Gasteiger partial charge in [0.1, 0.15) is 12.1 Å². The lowest BCUT2D eigenvalue weighted by Gasteiger charge is -2.29. The zero-order valence-electron chi connectivity index (χ0n) is 23.7. The molecule has 0 spiro atoms. The maximum absolute atomic E-state index is 13.7. The van der Waals surface area contributed by atoms with E-state index in [2.05, 4.69) is 10.6 Å². The van der Waals surface area contributed by atoms with Crippen molar-refractivity contribution in [2.24, 2.45) is 11.7 Å². The second-order valence-corrected chi connectivity index (χ2v) is 11.1. The van der Waals surface area contributed by atoms with E-state index in [1.807, 2.05) is 42.5 Å². The molecule has 3 unspecified atom stereocenters. The van der Waals surface area contributed by atoms with Crippen LogP contribution in [0.25, 0.3) is 10.8 Å². The van der Waals surface area contributed by atoms with Gasteiger partial charge in [-0.3, -0.25) is 19.2 Å². The third-order valence-corrected chi connectivity index (χ3v) is 8.06. The number of carbonyl (C=O) groups excluding carboxylic acids is 4. The Kier molecular flexibility index (Phi) is 8.84. The predicted molar refractivity (Wildman–Crippen MR) is 160 cm³/mol. The van der Waals surface area contributed by atoms with E-state index in [-0.39, 0.29) is 37.9 Å². The molecular weight excluding hydrogens is 534 g/mol. The molecule has 10 heteroatoms. The molecule has 1 saturated heterocycles. The summed E-state index contributed by atoms with van der Waals surface area (Å²) in [6, 6.07) is 19.3. The highest BCUT2D eigenvalue weighted by molar-refractivity contribution is 6.11. The highest BCUT2D eigenvalue weighted by Crippen LogP contribution is 2.32. The fraction of sp³-hybridized carbons (Fsp3) is 0.375. The summed E-state index contributed by atoms with van der Waals surface area (Å²) in [5.41, 5.74) is 7.28. The van der Waals surface area contributed by atoms with Crippen molar-refractivity contribution in [3.05, 3.63) is 77.9 Å². The number of aliphatic hydroxyl groups is 1. The Morgan fingerprint density at radius 2 is 1.76 bits per heavy atom. The molecule has 0 bridgehead atoms. The number of hydrogen-bond acceptors (Lipinski definition) is 6. The zero-order valence-corrected chi connectivity index (χ0v) is 23.7. The monoisotopic (exact) mass is 571 g/mol. The number of carbonyl (C=O) groups is 4. The van der Waals surface area contributed by atoms with Crippen LogP contribution in [0.15, 0.2) is 66.7 Å². The maximum atomic E-state index is 13.7. The number of benzene rings is 3. The van der Waals surface area contributed by atoms with Crippen molar-refractivity contribution in [1.29, 1.82) is 0 Å². The van der Waals surface area contributed by atoms with Crippen LogP contribution in [-0.4, -0.2) is 78.0 Å². The maximum Gasteiger partial charge on any atom is 0.256 e. The quantitative estimate of drug-likeness (QED) is 0.291. The standard InChI is InChI=1S/C32H37N5O5/c1-20(19-37-27-10-5-4-9-25(27)31(41)36-14-6-11-28(36)32(37)42)29(39)35-26(30(40)34-18-24(38)17-33)16-21-12-13-22-7-2-3-8-23(22)15-21/h2-5,7-10,12-13,15,20,24,26,28,38H,6,11,14,16-19,33H2,1H3,(H,34,40)(H,35,39)/t20?,24-,26?,28?/m1/s1. The van der Waals surface area contributed by atoms with Gasteiger partial charge in [-0.1, -0.05) is 61.5 Å². The Morgan fingerprint density at radius 1 is 1.02 bits per heavy atom. The van der Waals surface area contributed by atoms with Crippen molar-refractivity contribution >= 4 is 40.1 Å². The molecule has 0 aliphatic carbocycles. The number of amides is 4. The van der Waals surface area contributed by atoms with Crippen LogP contribution in [0.1, 0.15) is 35.7 Å². The lowest BCUT2D eigenvalue weighted by molar-refractivity contribution is -0.131. The molecule has 5 rings (SSSR count). The predicted octanol–water partition coefficient (Wildman–Crippen LogP) is 1.59. The summed E-state index contributed by atoms with van der Waals surface area (Å²) < 4.78 is 0. The fourth-order valence-corrected chi connectivity index (χ4v) is 5.70. The minimum absolute atomic E-state index is 0.00865. The number of hydrogen-bond donors (Lipinski definition) is 4. The first-order valence-corrected chi connectivity index (χ1v) is 14.4. The Hall–Kier alpha value is -4.28. The number of aliphatic hydroxyl groups excluding tert-OH is 1. The summed E-state index contributed by atoms with van der Waals surface area (Å²) in [6.45, 7) is 2.23. The molecule has 2 aliphatic heterocycles. The Labute approximate surface area is 244 Å². The van der Waals surface area contributed by atoms with E-state index in [0.717, 1.165) is 22.8 Å². The van der Waals surface area contributed by atoms with Crippen LogP contribution >= 0.6 is 0 Å². The number of rotatable bonds is 10. The molecule has 4 atom stereocenters. The van der Waals surface area contributed by atoms with Crippen LogP contribution < -0.4 is 21.3 Å². The van der Waals surface area contributed by atoms with Crippen molar-refractivity contribution in [1.82, 2.24) is 15.5 Å². The van der Waals surface area contributed by atoms with Gasteiger partial charge in [0, 0.05) is 32.6 Å². The number of fused-ring (bicyclic) bond motifs is 3. The first-order chi connectivity index (χ1) is 20.3. The van der Waals surface area contributed by atoms with Crippen molar-refractivity contribution in [3.8, 4) is 0 Å². The van der Waals surface area contributed by atoms with Crippen molar-refractivity contribution in [3.63, 3.8) is 0 Å². The largest absolute Gasteiger partial charge is 0.390 e. The first kappa shape index (κ1) is 29.2. The van der Waals surface area contributed by atoms with Gasteiger partial charge in [-0.05, 0) is 41.3 Å². The van der Waals surface area contributed by atoms with Gasteiger partial charge in [0.05, 0.1) is 23.3 Å². The van der Waals surface area contributed by atoms with Gasteiger partial charge in [0.25, 0.3) is 5.91 Å².